The molecule has 96 valence electrons. The summed E-state index contributed by atoms with van der Waals surface area (Å²) >= 11 is 0. The lowest BCUT2D eigenvalue weighted by atomic mass is 10.2. The molecule has 0 unspecified atom stereocenters. The van der Waals surface area contributed by atoms with Crippen molar-refractivity contribution in [2.24, 2.45) is 0 Å². The lowest BCUT2D eigenvalue weighted by molar-refractivity contribution is 0.218. The summed E-state index contributed by atoms with van der Waals surface area (Å²) in [5.41, 5.74) is 2.13. The van der Waals surface area contributed by atoms with Crippen LogP contribution in [0.3, 0.4) is 0 Å². The molecule has 2 aromatic heterocycles. The van der Waals surface area contributed by atoms with Crippen LogP contribution in [0.4, 0.5) is 0 Å². The van der Waals surface area contributed by atoms with Gasteiger partial charge in [-0.25, -0.2) is 4.98 Å². The van der Waals surface area contributed by atoms with Crippen LogP contribution in [0.2, 0.25) is 0 Å². The summed E-state index contributed by atoms with van der Waals surface area (Å²) in [6.07, 6.45) is 3.08. The van der Waals surface area contributed by atoms with Gasteiger partial charge in [-0.2, -0.15) is 14.6 Å². The van der Waals surface area contributed by atoms with Crippen LogP contribution in [-0.2, 0) is 0 Å². The number of hydrogen-bond acceptors (Lipinski definition) is 4. The zero-order valence-electron chi connectivity index (χ0n) is 10.8. The normalized spacial score (nSPS) is 12.5. The summed E-state index contributed by atoms with van der Waals surface area (Å²) in [7, 11) is 0. The fourth-order valence-electron chi connectivity index (χ4n) is 1.95. The van der Waals surface area contributed by atoms with Gasteiger partial charge in [-0.15, -0.1) is 0 Å². The van der Waals surface area contributed by atoms with E-state index in [1.54, 1.807) is 10.7 Å². The third-order valence-electron chi connectivity index (χ3n) is 2.96. The highest BCUT2D eigenvalue weighted by atomic mass is 16.5. The maximum Gasteiger partial charge on any atom is 0.252 e. The van der Waals surface area contributed by atoms with Crippen LogP contribution in [0, 0.1) is 6.92 Å². The molecule has 0 aliphatic rings. The highest BCUT2D eigenvalue weighted by molar-refractivity contribution is 5.29. The standard InChI is InChI=1S/C14H14N4O/c1-10-3-5-12(6-4-10)19-11(2)13-7-8-15-14-16-9-17-18(13)14/h3-9,11H,1-2H3/t11-/m0/s1. The summed E-state index contributed by atoms with van der Waals surface area (Å²) in [4.78, 5) is 8.20. The van der Waals surface area contributed by atoms with E-state index < -0.39 is 0 Å². The van der Waals surface area contributed by atoms with Crippen molar-refractivity contribution in [3.63, 3.8) is 0 Å². The molecule has 0 fully saturated rings. The zero-order chi connectivity index (χ0) is 13.2. The van der Waals surface area contributed by atoms with Gasteiger partial charge in [0.05, 0.1) is 5.69 Å². The van der Waals surface area contributed by atoms with Gasteiger partial charge in [0.15, 0.2) is 0 Å². The van der Waals surface area contributed by atoms with Gasteiger partial charge in [0.2, 0.25) is 0 Å². The van der Waals surface area contributed by atoms with Gasteiger partial charge < -0.3 is 4.74 Å². The molecule has 5 nitrogen and oxygen atoms in total. The monoisotopic (exact) mass is 254 g/mol. The average molecular weight is 254 g/mol. The van der Waals surface area contributed by atoms with Crippen molar-refractivity contribution in [2.45, 2.75) is 20.0 Å². The van der Waals surface area contributed by atoms with Crippen molar-refractivity contribution in [1.82, 2.24) is 19.6 Å². The molecule has 2 heterocycles. The predicted octanol–water partition coefficient (Wildman–Crippen LogP) is 2.57. The molecule has 19 heavy (non-hydrogen) atoms. The van der Waals surface area contributed by atoms with E-state index in [1.807, 2.05) is 37.3 Å². The van der Waals surface area contributed by atoms with Crippen LogP contribution in [0.5, 0.6) is 5.75 Å². The molecule has 0 saturated heterocycles. The first-order chi connectivity index (χ1) is 9.24. The van der Waals surface area contributed by atoms with Gasteiger partial charge in [-0.05, 0) is 32.0 Å². The van der Waals surface area contributed by atoms with Gasteiger partial charge in [-0.1, -0.05) is 17.7 Å². The molecule has 1 aromatic carbocycles. The number of benzene rings is 1. The Bertz CT molecular complexity index is 690. The highest BCUT2D eigenvalue weighted by Gasteiger charge is 2.12. The summed E-state index contributed by atoms with van der Waals surface area (Å²) < 4.78 is 7.61. The highest BCUT2D eigenvalue weighted by Crippen LogP contribution is 2.21. The molecule has 0 spiro atoms. The molecule has 3 aromatic rings. The molecule has 0 N–H and O–H groups in total. The quantitative estimate of drug-likeness (QED) is 0.720. The van der Waals surface area contributed by atoms with Gasteiger partial charge in [0, 0.05) is 6.20 Å². The van der Waals surface area contributed by atoms with Crippen LogP contribution < -0.4 is 4.74 Å². The Morgan fingerprint density at radius 3 is 2.68 bits per heavy atom. The zero-order valence-corrected chi connectivity index (χ0v) is 10.8. The number of aryl methyl sites for hydroxylation is 1. The first-order valence-corrected chi connectivity index (χ1v) is 6.12. The molecule has 5 heteroatoms. The maximum atomic E-state index is 5.92. The number of rotatable bonds is 3. The number of hydrogen-bond donors (Lipinski definition) is 0. The molecule has 0 bridgehead atoms. The molecule has 0 aliphatic carbocycles. The van der Waals surface area contributed by atoms with Crippen molar-refractivity contribution in [2.75, 3.05) is 0 Å². The van der Waals surface area contributed by atoms with Crippen molar-refractivity contribution in [1.29, 1.82) is 0 Å². The minimum absolute atomic E-state index is 0.130. The molecular formula is C14H14N4O. The Kier molecular flexibility index (Phi) is 2.87. The van der Waals surface area contributed by atoms with Crippen LogP contribution in [0.25, 0.3) is 5.78 Å². The summed E-state index contributed by atoms with van der Waals surface area (Å²) in [5, 5.41) is 4.16. The maximum absolute atomic E-state index is 5.92. The second kappa shape index (κ2) is 4.68. The topological polar surface area (TPSA) is 52.3 Å². The Balaban J connectivity index is 1.89. The van der Waals surface area contributed by atoms with E-state index in [-0.39, 0.29) is 6.10 Å². The lowest BCUT2D eigenvalue weighted by Crippen LogP contribution is -2.10. The molecule has 3 rings (SSSR count). The number of ether oxygens (including phenoxy) is 1. The Hall–Kier alpha value is -2.43. The van der Waals surface area contributed by atoms with E-state index in [2.05, 4.69) is 22.0 Å². The molecule has 0 amide bonds. The second-order valence-electron chi connectivity index (χ2n) is 4.41. The minimum atomic E-state index is -0.130. The summed E-state index contributed by atoms with van der Waals surface area (Å²) in [6.45, 7) is 4.03. The molecule has 0 aliphatic heterocycles. The van der Waals surface area contributed by atoms with Crippen LogP contribution in [0.15, 0.2) is 42.9 Å². The number of nitrogens with zero attached hydrogens (tertiary/aromatic N) is 4. The molecule has 0 radical (unpaired) electrons. The number of aromatic nitrogens is 4. The first kappa shape index (κ1) is 11.6. The third-order valence-corrected chi connectivity index (χ3v) is 2.96. The minimum Gasteiger partial charge on any atom is -0.484 e. The van der Waals surface area contributed by atoms with Gasteiger partial charge >= 0.3 is 0 Å². The summed E-state index contributed by atoms with van der Waals surface area (Å²) in [5.74, 6) is 1.42. The van der Waals surface area contributed by atoms with Gasteiger partial charge in [0.1, 0.15) is 18.2 Å². The molecular weight excluding hydrogens is 240 g/mol. The average Bonchev–Trinajstić information content (AvgIpc) is 2.89. The fourth-order valence-corrected chi connectivity index (χ4v) is 1.95. The largest absolute Gasteiger partial charge is 0.484 e. The van der Waals surface area contributed by atoms with Crippen molar-refractivity contribution >= 4 is 5.78 Å². The van der Waals surface area contributed by atoms with E-state index in [0.29, 0.717) is 5.78 Å². The van der Waals surface area contributed by atoms with Gasteiger partial charge in [-0.3, -0.25) is 0 Å². The van der Waals surface area contributed by atoms with E-state index in [1.165, 1.54) is 11.9 Å². The predicted molar refractivity (Wildman–Crippen MR) is 71.0 cm³/mol. The van der Waals surface area contributed by atoms with E-state index >= 15 is 0 Å². The van der Waals surface area contributed by atoms with Crippen molar-refractivity contribution < 1.29 is 4.74 Å². The molecule has 0 saturated carbocycles. The summed E-state index contributed by atoms with van der Waals surface area (Å²) in [6, 6.07) is 9.87. The van der Waals surface area contributed by atoms with Crippen LogP contribution in [0.1, 0.15) is 24.3 Å². The lowest BCUT2D eigenvalue weighted by Gasteiger charge is -2.15. The van der Waals surface area contributed by atoms with E-state index in [0.717, 1.165) is 11.4 Å². The second-order valence-corrected chi connectivity index (χ2v) is 4.41. The van der Waals surface area contributed by atoms with Crippen LogP contribution >= 0.6 is 0 Å². The van der Waals surface area contributed by atoms with E-state index in [9.17, 15) is 0 Å². The third kappa shape index (κ3) is 2.27. The Morgan fingerprint density at radius 1 is 1.11 bits per heavy atom. The van der Waals surface area contributed by atoms with E-state index in [4.69, 9.17) is 4.74 Å². The van der Waals surface area contributed by atoms with Crippen molar-refractivity contribution in [3.8, 4) is 5.75 Å². The number of fused-ring (bicyclic) bond motifs is 1. The van der Waals surface area contributed by atoms with Crippen LogP contribution in [-0.4, -0.2) is 19.6 Å². The SMILES string of the molecule is Cc1ccc(O[C@@H](C)c2ccnc3ncnn23)cc1. The Morgan fingerprint density at radius 2 is 1.89 bits per heavy atom. The molecule has 1 atom stereocenters. The first-order valence-electron chi connectivity index (χ1n) is 6.12. The Labute approximate surface area is 110 Å². The van der Waals surface area contributed by atoms with Gasteiger partial charge in [0.25, 0.3) is 5.78 Å². The smallest absolute Gasteiger partial charge is 0.252 e. The fraction of sp³-hybridized carbons (Fsp3) is 0.214. The van der Waals surface area contributed by atoms with Crippen molar-refractivity contribution in [3.05, 3.63) is 54.1 Å².